The summed E-state index contributed by atoms with van der Waals surface area (Å²) in [5.41, 5.74) is 1.15. The van der Waals surface area contributed by atoms with Crippen LogP contribution in [0.25, 0.3) is 0 Å². The predicted octanol–water partition coefficient (Wildman–Crippen LogP) is 3.89. The number of benzene rings is 1. The van der Waals surface area contributed by atoms with E-state index in [1.165, 1.54) is 0 Å². The molecule has 3 atom stereocenters. The first kappa shape index (κ1) is 17.7. The van der Waals surface area contributed by atoms with E-state index in [-0.39, 0.29) is 23.4 Å². The Labute approximate surface area is 153 Å². The molecule has 0 saturated carbocycles. The lowest BCUT2D eigenvalue weighted by molar-refractivity contribution is 0.112. The minimum atomic E-state index is 0.0217. The van der Waals surface area contributed by atoms with E-state index >= 15 is 0 Å². The first-order chi connectivity index (χ1) is 12.2. The number of hydrogen-bond acceptors (Lipinski definition) is 4. The van der Waals surface area contributed by atoms with Crippen molar-refractivity contribution in [3.63, 3.8) is 0 Å². The zero-order valence-corrected chi connectivity index (χ0v) is 15.4. The van der Waals surface area contributed by atoms with Crippen molar-refractivity contribution in [1.82, 2.24) is 20.2 Å². The van der Waals surface area contributed by atoms with Crippen molar-refractivity contribution in [1.29, 1.82) is 0 Å². The molecular weight excluding hydrogens is 332 g/mol. The number of thioether (sulfide) groups is 1. The van der Waals surface area contributed by atoms with Crippen molar-refractivity contribution >= 4 is 17.8 Å². The smallest absolute Gasteiger partial charge is 0.318 e. The molecule has 1 aromatic carbocycles. The van der Waals surface area contributed by atoms with E-state index in [4.69, 9.17) is 0 Å². The van der Waals surface area contributed by atoms with Gasteiger partial charge in [-0.2, -0.15) is 0 Å². The SMILES string of the molecule is CC[C@@H](NC(=O)N1CCC1[C@H](C)Sc1ncccn1)c1ccccc1. The van der Waals surface area contributed by atoms with Gasteiger partial charge in [0.15, 0.2) is 5.16 Å². The normalized spacial score (nSPS) is 19.0. The zero-order valence-electron chi connectivity index (χ0n) is 14.6. The predicted molar refractivity (Wildman–Crippen MR) is 100 cm³/mol. The van der Waals surface area contributed by atoms with Gasteiger partial charge in [0, 0.05) is 30.2 Å². The second-order valence-corrected chi connectivity index (χ2v) is 7.57. The van der Waals surface area contributed by atoms with Gasteiger partial charge in [0.25, 0.3) is 0 Å². The van der Waals surface area contributed by atoms with E-state index in [9.17, 15) is 4.79 Å². The highest BCUT2D eigenvalue weighted by Crippen LogP contribution is 2.31. The summed E-state index contributed by atoms with van der Waals surface area (Å²) in [7, 11) is 0. The Hall–Kier alpha value is -2.08. The van der Waals surface area contributed by atoms with Crippen molar-refractivity contribution in [2.24, 2.45) is 0 Å². The number of amides is 2. The van der Waals surface area contributed by atoms with Crippen LogP contribution in [0, 0.1) is 0 Å². The summed E-state index contributed by atoms with van der Waals surface area (Å²) < 4.78 is 0. The molecule has 1 unspecified atom stereocenters. The summed E-state index contributed by atoms with van der Waals surface area (Å²) in [5.74, 6) is 0. The van der Waals surface area contributed by atoms with Gasteiger partial charge in [0.1, 0.15) is 0 Å². The third-order valence-electron chi connectivity index (χ3n) is 4.61. The van der Waals surface area contributed by atoms with Gasteiger partial charge in [-0.25, -0.2) is 14.8 Å². The molecule has 2 aromatic rings. The van der Waals surface area contributed by atoms with Gasteiger partial charge < -0.3 is 10.2 Å². The van der Waals surface area contributed by atoms with Crippen molar-refractivity contribution in [3.05, 3.63) is 54.4 Å². The number of likely N-dealkylation sites (tertiary alicyclic amines) is 1. The molecule has 25 heavy (non-hydrogen) atoms. The molecular formula is C19H24N4OS. The van der Waals surface area contributed by atoms with Gasteiger partial charge in [-0.05, 0) is 24.5 Å². The van der Waals surface area contributed by atoms with Crippen molar-refractivity contribution in [3.8, 4) is 0 Å². The molecule has 1 aromatic heterocycles. The first-order valence-corrected chi connectivity index (χ1v) is 9.62. The molecule has 2 heterocycles. The lowest BCUT2D eigenvalue weighted by Crippen LogP contribution is -2.58. The Balaban J connectivity index is 1.58. The van der Waals surface area contributed by atoms with Crippen molar-refractivity contribution < 1.29 is 4.79 Å². The average Bonchev–Trinajstić information content (AvgIpc) is 2.60. The van der Waals surface area contributed by atoms with Crippen molar-refractivity contribution in [2.45, 2.75) is 49.2 Å². The van der Waals surface area contributed by atoms with Crippen molar-refractivity contribution in [2.75, 3.05) is 6.54 Å². The maximum absolute atomic E-state index is 12.7. The lowest BCUT2D eigenvalue weighted by Gasteiger charge is -2.44. The highest BCUT2D eigenvalue weighted by Gasteiger charge is 2.37. The van der Waals surface area contributed by atoms with Crippen LogP contribution in [0.1, 0.15) is 38.3 Å². The topological polar surface area (TPSA) is 58.1 Å². The molecule has 1 aliphatic rings. The summed E-state index contributed by atoms with van der Waals surface area (Å²) in [6, 6.07) is 12.2. The van der Waals surface area contributed by atoms with E-state index in [1.807, 2.05) is 29.2 Å². The van der Waals surface area contributed by atoms with Crippen LogP contribution in [-0.2, 0) is 0 Å². The lowest BCUT2D eigenvalue weighted by atomic mass is 10.0. The van der Waals surface area contributed by atoms with E-state index in [0.29, 0.717) is 0 Å². The number of urea groups is 1. The van der Waals surface area contributed by atoms with E-state index < -0.39 is 0 Å². The Morgan fingerprint density at radius 1 is 1.28 bits per heavy atom. The summed E-state index contributed by atoms with van der Waals surface area (Å²) >= 11 is 1.63. The van der Waals surface area contributed by atoms with Gasteiger partial charge in [-0.15, -0.1) is 0 Å². The average molecular weight is 356 g/mol. The standard InChI is InChI=1S/C19H24N4OS/c1-3-16(15-8-5-4-6-9-15)22-19(24)23-13-10-17(23)14(2)25-18-20-11-7-12-21-18/h4-9,11-12,14,16-17H,3,10,13H2,1-2H3,(H,22,24)/t14-,16+,17?/m0/s1. The number of nitrogens with zero attached hydrogens (tertiary/aromatic N) is 3. The fraction of sp³-hybridized carbons (Fsp3) is 0.421. The second-order valence-electron chi connectivity index (χ2n) is 6.22. The summed E-state index contributed by atoms with van der Waals surface area (Å²) in [6.07, 6.45) is 5.39. The molecule has 132 valence electrons. The highest BCUT2D eigenvalue weighted by atomic mass is 32.2. The Kier molecular flexibility index (Phi) is 5.91. The van der Waals surface area contributed by atoms with Gasteiger partial charge in [0.05, 0.1) is 6.04 Å². The van der Waals surface area contributed by atoms with E-state index in [1.54, 1.807) is 24.2 Å². The fourth-order valence-corrected chi connectivity index (χ4v) is 4.09. The van der Waals surface area contributed by atoms with Crippen LogP contribution in [0.5, 0.6) is 0 Å². The number of hydrogen-bond donors (Lipinski definition) is 1. The number of nitrogens with one attached hydrogen (secondary N) is 1. The quantitative estimate of drug-likeness (QED) is 0.630. The first-order valence-electron chi connectivity index (χ1n) is 8.74. The number of rotatable bonds is 6. The molecule has 1 saturated heterocycles. The van der Waals surface area contributed by atoms with Crippen LogP contribution in [0.4, 0.5) is 4.79 Å². The minimum absolute atomic E-state index is 0.0217. The maximum atomic E-state index is 12.7. The minimum Gasteiger partial charge on any atom is -0.331 e. The monoisotopic (exact) mass is 356 g/mol. The molecule has 2 amide bonds. The van der Waals surface area contributed by atoms with Crippen LogP contribution in [-0.4, -0.2) is 38.7 Å². The highest BCUT2D eigenvalue weighted by molar-refractivity contribution is 7.99. The Bertz CT molecular complexity index is 682. The van der Waals surface area contributed by atoms with Gasteiger partial charge >= 0.3 is 6.03 Å². The molecule has 0 radical (unpaired) electrons. The molecule has 6 heteroatoms. The maximum Gasteiger partial charge on any atom is 0.318 e. The Morgan fingerprint density at radius 3 is 2.60 bits per heavy atom. The molecule has 1 aliphatic heterocycles. The number of aromatic nitrogens is 2. The molecule has 1 fully saturated rings. The van der Waals surface area contributed by atoms with Gasteiger partial charge in [-0.3, -0.25) is 0 Å². The van der Waals surface area contributed by atoms with Crippen LogP contribution in [0.15, 0.2) is 53.9 Å². The summed E-state index contributed by atoms with van der Waals surface area (Å²) in [6.45, 7) is 5.04. The molecule has 0 spiro atoms. The molecule has 5 nitrogen and oxygen atoms in total. The van der Waals surface area contributed by atoms with Crippen LogP contribution < -0.4 is 5.32 Å². The van der Waals surface area contributed by atoms with Gasteiger partial charge in [-0.1, -0.05) is 55.9 Å². The molecule has 1 N–H and O–H groups in total. The summed E-state index contributed by atoms with van der Waals surface area (Å²) in [5, 5.41) is 4.20. The largest absolute Gasteiger partial charge is 0.331 e. The fourth-order valence-electron chi connectivity index (χ4n) is 3.08. The Morgan fingerprint density at radius 2 is 2.00 bits per heavy atom. The van der Waals surface area contributed by atoms with Crippen LogP contribution in [0.3, 0.4) is 0 Å². The van der Waals surface area contributed by atoms with E-state index in [2.05, 4.69) is 41.3 Å². The van der Waals surface area contributed by atoms with E-state index in [0.717, 1.165) is 30.1 Å². The number of carbonyl (C=O) groups excluding carboxylic acids is 1. The van der Waals surface area contributed by atoms with Crippen LogP contribution >= 0.6 is 11.8 Å². The third-order valence-corrected chi connectivity index (χ3v) is 5.72. The third kappa shape index (κ3) is 4.31. The molecule has 3 rings (SSSR count). The summed E-state index contributed by atoms with van der Waals surface area (Å²) in [4.78, 5) is 23.2. The second kappa shape index (κ2) is 8.34. The zero-order chi connectivity index (χ0) is 17.6. The van der Waals surface area contributed by atoms with Crippen LogP contribution in [0.2, 0.25) is 0 Å². The molecule has 0 aliphatic carbocycles. The van der Waals surface area contributed by atoms with Gasteiger partial charge in [0.2, 0.25) is 0 Å². The number of carbonyl (C=O) groups is 1. The molecule has 0 bridgehead atoms.